The predicted octanol–water partition coefficient (Wildman–Crippen LogP) is 5.06. The van der Waals surface area contributed by atoms with Crippen molar-refractivity contribution >= 4 is 62.8 Å². The lowest BCUT2D eigenvalue weighted by atomic mass is 10.2. The number of halogens is 2. The molecule has 1 amide bonds. The van der Waals surface area contributed by atoms with Crippen LogP contribution < -0.4 is 9.73 Å². The second-order valence-electron chi connectivity index (χ2n) is 6.46. The van der Waals surface area contributed by atoms with Crippen LogP contribution in [0.15, 0.2) is 87.7 Å². The van der Waals surface area contributed by atoms with E-state index < -0.39 is 22.5 Å². The van der Waals surface area contributed by atoms with Crippen molar-refractivity contribution in [1.82, 2.24) is 5.43 Å². The summed E-state index contributed by atoms with van der Waals surface area (Å²) in [6.07, 6.45) is 3.45. The molecule has 166 valence electrons. The highest BCUT2D eigenvalue weighted by Gasteiger charge is 2.29. The second kappa shape index (κ2) is 10.9. The van der Waals surface area contributed by atoms with Crippen LogP contribution in [0.4, 0.5) is 5.69 Å². The number of thioether (sulfide) groups is 1. The number of hydrazone groups is 1. The molecule has 0 spiro atoms. The van der Waals surface area contributed by atoms with Crippen LogP contribution in [-0.4, -0.2) is 33.3 Å². The number of hydrogen-bond donors (Lipinski definition) is 1. The van der Waals surface area contributed by atoms with Crippen LogP contribution in [0.1, 0.15) is 5.56 Å². The van der Waals surface area contributed by atoms with Gasteiger partial charge >= 0.3 is 0 Å². The zero-order valence-corrected chi connectivity index (χ0v) is 20.0. The van der Waals surface area contributed by atoms with Gasteiger partial charge in [-0.2, -0.15) is 5.10 Å². The fourth-order valence-corrected chi connectivity index (χ4v) is 5.05. The summed E-state index contributed by atoms with van der Waals surface area (Å²) in [6, 6.07) is 19.9. The van der Waals surface area contributed by atoms with Gasteiger partial charge in [0.2, 0.25) is 0 Å². The molecule has 3 aromatic carbocycles. The maximum absolute atomic E-state index is 13.3. The van der Waals surface area contributed by atoms with Crippen molar-refractivity contribution in [3.05, 3.63) is 88.4 Å². The Bertz CT molecular complexity index is 1220. The topological polar surface area (TPSA) is 78.8 Å². The maximum atomic E-state index is 13.3. The summed E-state index contributed by atoms with van der Waals surface area (Å²) < 4.78 is 27.5. The van der Waals surface area contributed by atoms with E-state index in [1.165, 1.54) is 30.5 Å². The number of rotatable bonds is 8. The fourth-order valence-electron chi connectivity index (χ4n) is 2.74. The van der Waals surface area contributed by atoms with Gasteiger partial charge in [-0.25, -0.2) is 13.8 Å². The standard InChI is InChI=1S/C22H19Cl2N3O3S2/c1-31-17-12-10-16(11-13-17)14-25-26-21(28)15-27(20-9-5-8-19(23)22(20)24)32(29,30)18-6-3-2-4-7-18/h2-14H,15H2,1H3,(H,26,28)/b25-14-. The summed E-state index contributed by atoms with van der Waals surface area (Å²) in [6.45, 7) is -0.542. The van der Waals surface area contributed by atoms with Gasteiger partial charge in [-0.1, -0.05) is 59.6 Å². The van der Waals surface area contributed by atoms with E-state index in [9.17, 15) is 13.2 Å². The number of amides is 1. The van der Waals surface area contributed by atoms with Crippen molar-refractivity contribution in [1.29, 1.82) is 0 Å². The smallest absolute Gasteiger partial charge is 0.264 e. The lowest BCUT2D eigenvalue weighted by molar-refractivity contribution is -0.119. The SMILES string of the molecule is CSc1ccc(/C=N\NC(=O)CN(c2cccc(Cl)c2Cl)S(=O)(=O)c2ccccc2)cc1. The monoisotopic (exact) mass is 507 g/mol. The van der Waals surface area contributed by atoms with E-state index in [-0.39, 0.29) is 20.6 Å². The molecule has 0 aliphatic carbocycles. The van der Waals surface area contributed by atoms with E-state index >= 15 is 0 Å². The minimum absolute atomic E-state index is 0.0150. The third-order valence-corrected chi connectivity index (χ3v) is 7.66. The maximum Gasteiger partial charge on any atom is 0.264 e. The first-order valence-electron chi connectivity index (χ1n) is 9.30. The third-order valence-electron chi connectivity index (χ3n) is 4.34. The van der Waals surface area contributed by atoms with E-state index in [0.29, 0.717) is 0 Å². The Morgan fingerprint density at radius 1 is 1.03 bits per heavy atom. The van der Waals surface area contributed by atoms with Gasteiger partial charge < -0.3 is 0 Å². The van der Waals surface area contributed by atoms with Crippen molar-refractivity contribution < 1.29 is 13.2 Å². The van der Waals surface area contributed by atoms with Crippen molar-refractivity contribution in [2.75, 3.05) is 17.1 Å². The number of nitrogens with zero attached hydrogens (tertiary/aromatic N) is 2. The van der Waals surface area contributed by atoms with Gasteiger partial charge in [0.1, 0.15) is 6.54 Å². The van der Waals surface area contributed by atoms with Gasteiger partial charge in [-0.15, -0.1) is 11.8 Å². The Hall–Kier alpha value is -2.52. The van der Waals surface area contributed by atoms with Gasteiger partial charge in [-0.3, -0.25) is 9.10 Å². The van der Waals surface area contributed by atoms with Crippen LogP contribution >= 0.6 is 35.0 Å². The summed E-state index contributed by atoms with van der Waals surface area (Å²) in [5, 5.41) is 4.12. The van der Waals surface area contributed by atoms with Gasteiger partial charge in [0.05, 0.1) is 26.8 Å². The molecule has 1 N–H and O–H groups in total. The number of sulfonamides is 1. The molecule has 0 aliphatic heterocycles. The molecule has 0 saturated heterocycles. The number of benzene rings is 3. The molecule has 0 aliphatic rings. The number of carbonyl (C=O) groups excluding carboxylic acids is 1. The Balaban J connectivity index is 1.84. The fraction of sp³-hybridized carbons (Fsp3) is 0.0909. The van der Waals surface area contributed by atoms with Crippen LogP contribution in [0.2, 0.25) is 10.0 Å². The molecule has 6 nitrogen and oxygen atoms in total. The summed E-state index contributed by atoms with van der Waals surface area (Å²) in [7, 11) is -4.10. The highest BCUT2D eigenvalue weighted by molar-refractivity contribution is 7.98. The Morgan fingerprint density at radius 2 is 1.72 bits per heavy atom. The van der Waals surface area contributed by atoms with Gasteiger partial charge in [0.15, 0.2) is 0 Å². The number of nitrogens with one attached hydrogen (secondary N) is 1. The predicted molar refractivity (Wildman–Crippen MR) is 131 cm³/mol. The van der Waals surface area contributed by atoms with Crippen LogP contribution in [0.3, 0.4) is 0 Å². The molecule has 3 aromatic rings. The second-order valence-corrected chi connectivity index (χ2v) is 9.99. The largest absolute Gasteiger partial charge is 0.271 e. The summed E-state index contributed by atoms with van der Waals surface area (Å²) in [4.78, 5) is 13.7. The first-order valence-corrected chi connectivity index (χ1v) is 12.7. The first-order chi connectivity index (χ1) is 15.3. The van der Waals surface area contributed by atoms with Gasteiger partial charge in [0.25, 0.3) is 15.9 Å². The van der Waals surface area contributed by atoms with E-state index in [0.717, 1.165) is 14.8 Å². The van der Waals surface area contributed by atoms with Gasteiger partial charge in [0, 0.05) is 4.90 Å². The molecule has 0 heterocycles. The lowest BCUT2D eigenvalue weighted by Crippen LogP contribution is -2.39. The number of hydrogen-bond acceptors (Lipinski definition) is 5. The molecule has 3 rings (SSSR count). The summed E-state index contributed by atoms with van der Waals surface area (Å²) in [5.74, 6) is -0.641. The average Bonchev–Trinajstić information content (AvgIpc) is 2.80. The number of anilines is 1. The highest BCUT2D eigenvalue weighted by Crippen LogP contribution is 2.35. The molecular weight excluding hydrogens is 489 g/mol. The zero-order valence-electron chi connectivity index (χ0n) is 16.9. The molecule has 0 saturated carbocycles. The lowest BCUT2D eigenvalue weighted by Gasteiger charge is -2.24. The van der Waals surface area contributed by atoms with Crippen molar-refractivity contribution in [3.63, 3.8) is 0 Å². The van der Waals surface area contributed by atoms with E-state index in [1.807, 2.05) is 30.5 Å². The molecule has 32 heavy (non-hydrogen) atoms. The minimum Gasteiger partial charge on any atom is -0.271 e. The Labute approximate surface area is 201 Å². The Kier molecular flexibility index (Phi) is 8.20. The molecule has 10 heteroatoms. The van der Waals surface area contributed by atoms with Gasteiger partial charge in [-0.05, 0) is 48.2 Å². The first kappa shape index (κ1) is 24.1. The molecule has 0 fully saturated rings. The zero-order chi connectivity index (χ0) is 23.1. The van der Waals surface area contributed by atoms with E-state index in [1.54, 1.807) is 36.0 Å². The average molecular weight is 508 g/mol. The Morgan fingerprint density at radius 3 is 2.38 bits per heavy atom. The van der Waals surface area contributed by atoms with Crippen molar-refractivity contribution in [2.45, 2.75) is 9.79 Å². The molecule has 0 aromatic heterocycles. The normalized spacial score (nSPS) is 11.5. The molecule has 0 radical (unpaired) electrons. The van der Waals surface area contributed by atoms with Crippen LogP contribution in [0.5, 0.6) is 0 Å². The van der Waals surface area contributed by atoms with Crippen molar-refractivity contribution in [2.24, 2.45) is 5.10 Å². The highest BCUT2D eigenvalue weighted by atomic mass is 35.5. The number of carbonyl (C=O) groups is 1. The third kappa shape index (κ3) is 5.83. The molecule has 0 bridgehead atoms. The van der Waals surface area contributed by atoms with E-state index in [2.05, 4.69) is 10.5 Å². The quantitative estimate of drug-likeness (QED) is 0.262. The molecule has 0 atom stereocenters. The van der Waals surface area contributed by atoms with Crippen molar-refractivity contribution in [3.8, 4) is 0 Å². The summed E-state index contributed by atoms with van der Waals surface area (Å²) >= 11 is 14.0. The van der Waals surface area contributed by atoms with Crippen LogP contribution in [0, 0.1) is 0 Å². The summed E-state index contributed by atoms with van der Waals surface area (Å²) in [5.41, 5.74) is 3.24. The molecular formula is C22H19Cl2N3O3S2. The van der Waals surface area contributed by atoms with Crippen LogP contribution in [-0.2, 0) is 14.8 Å². The minimum atomic E-state index is -4.10. The molecule has 0 unspecified atom stereocenters. The van der Waals surface area contributed by atoms with E-state index in [4.69, 9.17) is 23.2 Å². The van der Waals surface area contributed by atoms with Crippen LogP contribution in [0.25, 0.3) is 0 Å².